The van der Waals surface area contributed by atoms with Crippen molar-refractivity contribution in [3.05, 3.63) is 28.8 Å². The van der Waals surface area contributed by atoms with Crippen molar-refractivity contribution in [2.24, 2.45) is 5.92 Å². The minimum Gasteiger partial charge on any atom is -0.368 e. The van der Waals surface area contributed by atoms with Crippen LogP contribution in [0.4, 0.5) is 5.69 Å². The van der Waals surface area contributed by atoms with Gasteiger partial charge in [0.05, 0.1) is 10.7 Å². The number of hydrogen-bond donors (Lipinski definition) is 1. The van der Waals surface area contributed by atoms with Gasteiger partial charge in [-0.25, -0.2) is 0 Å². The Morgan fingerprint density at radius 3 is 2.90 bits per heavy atom. The van der Waals surface area contributed by atoms with E-state index in [-0.39, 0.29) is 0 Å². The summed E-state index contributed by atoms with van der Waals surface area (Å²) in [6, 6.07) is 6.48. The van der Waals surface area contributed by atoms with E-state index >= 15 is 0 Å². The molecule has 2 nitrogen and oxygen atoms in total. The first-order chi connectivity index (χ1) is 9.56. The van der Waals surface area contributed by atoms with Crippen LogP contribution in [-0.2, 0) is 6.54 Å². The summed E-state index contributed by atoms with van der Waals surface area (Å²) >= 11 is 8.52. The highest BCUT2D eigenvalue weighted by molar-refractivity contribution is 8.00. The molecule has 1 aliphatic rings. The molecule has 2 rings (SSSR count). The average Bonchev–Trinajstić information content (AvgIpc) is 2.38. The van der Waals surface area contributed by atoms with Crippen LogP contribution in [0.15, 0.2) is 18.2 Å². The minimum absolute atomic E-state index is 0.678. The predicted octanol–water partition coefficient (Wildman–Crippen LogP) is 4.03. The lowest BCUT2D eigenvalue weighted by Gasteiger charge is -2.33. The molecule has 0 amide bonds. The second-order valence-corrected chi connectivity index (χ2v) is 7.89. The largest absolute Gasteiger partial charge is 0.368 e. The third kappa shape index (κ3) is 4.57. The predicted molar refractivity (Wildman–Crippen MR) is 92.1 cm³/mol. The molecule has 1 heterocycles. The smallest absolute Gasteiger partial charge is 0.0642 e. The Morgan fingerprint density at radius 2 is 2.25 bits per heavy atom. The molecule has 1 unspecified atom stereocenters. The van der Waals surface area contributed by atoms with E-state index < -0.39 is 0 Å². The van der Waals surface area contributed by atoms with Gasteiger partial charge in [-0.3, -0.25) is 0 Å². The van der Waals surface area contributed by atoms with Gasteiger partial charge < -0.3 is 10.2 Å². The highest BCUT2D eigenvalue weighted by atomic mass is 35.5. The van der Waals surface area contributed by atoms with Crippen LogP contribution in [0.3, 0.4) is 0 Å². The van der Waals surface area contributed by atoms with Crippen molar-refractivity contribution in [1.29, 1.82) is 0 Å². The van der Waals surface area contributed by atoms with E-state index in [4.69, 9.17) is 11.6 Å². The number of halogens is 1. The SMILES string of the molecule is CC(C)CNCc1ccc(N2CCSC(C)C2)c(Cl)c1. The Hall–Kier alpha value is -0.380. The molecule has 0 saturated carbocycles. The highest BCUT2D eigenvalue weighted by Crippen LogP contribution is 2.30. The standard InChI is InChI=1S/C16H25ClN2S/c1-12(2)9-18-10-14-4-5-16(15(17)8-14)19-6-7-20-13(3)11-19/h4-5,8,12-13,18H,6-7,9-11H2,1-3H3. The van der Waals surface area contributed by atoms with Crippen LogP contribution < -0.4 is 10.2 Å². The van der Waals surface area contributed by atoms with Crippen molar-refractivity contribution < 1.29 is 0 Å². The Balaban J connectivity index is 1.98. The van der Waals surface area contributed by atoms with Gasteiger partial charge >= 0.3 is 0 Å². The number of nitrogens with one attached hydrogen (secondary N) is 1. The van der Waals surface area contributed by atoms with Crippen molar-refractivity contribution in [1.82, 2.24) is 5.32 Å². The maximum atomic E-state index is 6.48. The topological polar surface area (TPSA) is 15.3 Å². The Kier molecular flexibility index (Phi) is 6.06. The Labute approximate surface area is 132 Å². The van der Waals surface area contributed by atoms with Crippen LogP contribution >= 0.6 is 23.4 Å². The fourth-order valence-corrected chi connectivity index (χ4v) is 3.80. The number of anilines is 1. The summed E-state index contributed by atoms with van der Waals surface area (Å²) in [4.78, 5) is 2.41. The molecule has 1 aromatic rings. The molecule has 0 bridgehead atoms. The maximum Gasteiger partial charge on any atom is 0.0642 e. The number of hydrogen-bond acceptors (Lipinski definition) is 3. The summed E-state index contributed by atoms with van der Waals surface area (Å²) in [6.07, 6.45) is 0. The molecule has 1 aromatic carbocycles. The third-order valence-corrected chi connectivity index (χ3v) is 4.91. The molecule has 4 heteroatoms. The van der Waals surface area contributed by atoms with Gasteiger partial charge in [0.1, 0.15) is 0 Å². The van der Waals surface area contributed by atoms with Crippen LogP contribution in [0, 0.1) is 5.92 Å². The molecule has 112 valence electrons. The van der Waals surface area contributed by atoms with Gasteiger partial charge in [0, 0.05) is 30.6 Å². The summed E-state index contributed by atoms with van der Waals surface area (Å²) in [6.45, 7) is 10.9. The molecule has 0 radical (unpaired) electrons. The molecule has 0 aliphatic carbocycles. The van der Waals surface area contributed by atoms with Crippen molar-refractivity contribution >= 4 is 29.1 Å². The summed E-state index contributed by atoms with van der Waals surface area (Å²) in [7, 11) is 0. The van der Waals surface area contributed by atoms with Crippen molar-refractivity contribution in [3.63, 3.8) is 0 Å². The zero-order valence-electron chi connectivity index (χ0n) is 12.7. The summed E-state index contributed by atoms with van der Waals surface area (Å²) in [5.41, 5.74) is 2.45. The lowest BCUT2D eigenvalue weighted by Crippen LogP contribution is -2.36. The third-order valence-electron chi connectivity index (χ3n) is 3.48. The average molecular weight is 313 g/mol. The number of rotatable bonds is 5. The first-order valence-electron chi connectivity index (χ1n) is 7.42. The van der Waals surface area contributed by atoms with E-state index in [2.05, 4.69) is 49.2 Å². The zero-order valence-corrected chi connectivity index (χ0v) is 14.2. The number of benzene rings is 1. The van der Waals surface area contributed by atoms with Gasteiger partial charge in [0.15, 0.2) is 0 Å². The maximum absolute atomic E-state index is 6.48. The molecule has 1 N–H and O–H groups in total. The molecule has 1 atom stereocenters. The van der Waals surface area contributed by atoms with E-state index in [0.717, 1.165) is 31.2 Å². The fraction of sp³-hybridized carbons (Fsp3) is 0.625. The quantitative estimate of drug-likeness (QED) is 0.884. The van der Waals surface area contributed by atoms with Crippen molar-refractivity contribution in [2.75, 3.05) is 30.3 Å². The lowest BCUT2D eigenvalue weighted by atomic mass is 10.1. The van der Waals surface area contributed by atoms with Crippen LogP contribution in [0.2, 0.25) is 5.02 Å². The van der Waals surface area contributed by atoms with Gasteiger partial charge in [-0.05, 0) is 30.2 Å². The first-order valence-corrected chi connectivity index (χ1v) is 8.84. The zero-order chi connectivity index (χ0) is 14.5. The highest BCUT2D eigenvalue weighted by Gasteiger charge is 2.18. The van der Waals surface area contributed by atoms with Gasteiger partial charge in [-0.2, -0.15) is 11.8 Å². The van der Waals surface area contributed by atoms with E-state index in [0.29, 0.717) is 11.2 Å². The molecular weight excluding hydrogens is 288 g/mol. The Bertz CT molecular complexity index is 436. The van der Waals surface area contributed by atoms with Crippen molar-refractivity contribution in [3.8, 4) is 0 Å². The molecule has 1 fully saturated rings. The molecule has 0 spiro atoms. The van der Waals surface area contributed by atoms with E-state index in [1.807, 2.05) is 11.8 Å². The summed E-state index contributed by atoms with van der Waals surface area (Å²) < 4.78 is 0. The fourth-order valence-electron chi connectivity index (χ4n) is 2.46. The number of nitrogens with zero attached hydrogens (tertiary/aromatic N) is 1. The molecule has 20 heavy (non-hydrogen) atoms. The van der Waals surface area contributed by atoms with Crippen LogP contribution in [-0.4, -0.2) is 30.6 Å². The molecule has 1 aliphatic heterocycles. The molecule has 1 saturated heterocycles. The second-order valence-electron chi connectivity index (χ2n) is 5.94. The van der Waals surface area contributed by atoms with E-state index in [1.165, 1.54) is 17.0 Å². The lowest BCUT2D eigenvalue weighted by molar-refractivity contribution is 0.552. The number of thioether (sulfide) groups is 1. The van der Waals surface area contributed by atoms with Gasteiger partial charge in [0.25, 0.3) is 0 Å². The Morgan fingerprint density at radius 1 is 1.45 bits per heavy atom. The van der Waals surface area contributed by atoms with Gasteiger partial charge in [0.2, 0.25) is 0 Å². The van der Waals surface area contributed by atoms with Crippen LogP contribution in [0.25, 0.3) is 0 Å². The van der Waals surface area contributed by atoms with Gasteiger partial charge in [-0.15, -0.1) is 0 Å². The van der Waals surface area contributed by atoms with Crippen LogP contribution in [0.1, 0.15) is 26.3 Å². The first kappa shape index (κ1) is 16.0. The minimum atomic E-state index is 0.678. The van der Waals surface area contributed by atoms with E-state index in [9.17, 15) is 0 Å². The monoisotopic (exact) mass is 312 g/mol. The summed E-state index contributed by atoms with van der Waals surface area (Å²) in [5.74, 6) is 1.87. The second kappa shape index (κ2) is 7.58. The summed E-state index contributed by atoms with van der Waals surface area (Å²) in [5, 5.41) is 5.03. The molecular formula is C16H25ClN2S. The van der Waals surface area contributed by atoms with Crippen molar-refractivity contribution in [2.45, 2.75) is 32.6 Å². The molecule has 0 aromatic heterocycles. The normalized spacial score (nSPS) is 19.6. The van der Waals surface area contributed by atoms with E-state index in [1.54, 1.807) is 0 Å². The van der Waals surface area contributed by atoms with Gasteiger partial charge in [-0.1, -0.05) is 38.4 Å². The van der Waals surface area contributed by atoms with Crippen LogP contribution in [0.5, 0.6) is 0 Å².